The molecule has 0 saturated carbocycles. The summed E-state index contributed by atoms with van der Waals surface area (Å²) < 4.78 is 1.78. The summed E-state index contributed by atoms with van der Waals surface area (Å²) in [5.41, 5.74) is 1.97. The first kappa shape index (κ1) is 11.1. The zero-order valence-electron chi connectivity index (χ0n) is 8.91. The van der Waals surface area contributed by atoms with Gasteiger partial charge in [0.1, 0.15) is 0 Å². The SMILES string of the molecule is CC(O)Cn1cnc2ccc(B(O)O)cc21. The van der Waals surface area contributed by atoms with Crippen LogP contribution in [-0.4, -0.2) is 37.9 Å². The lowest BCUT2D eigenvalue weighted by Crippen LogP contribution is -2.29. The molecule has 2 rings (SSSR count). The van der Waals surface area contributed by atoms with Crippen molar-refractivity contribution >= 4 is 23.6 Å². The average molecular weight is 220 g/mol. The summed E-state index contributed by atoms with van der Waals surface area (Å²) in [6.45, 7) is 2.12. The highest BCUT2D eigenvalue weighted by atomic mass is 16.4. The molecule has 0 amide bonds. The number of nitrogens with zero attached hydrogens (tertiary/aromatic N) is 2. The van der Waals surface area contributed by atoms with Gasteiger partial charge in [-0.05, 0) is 24.5 Å². The molecular weight excluding hydrogens is 207 g/mol. The van der Waals surface area contributed by atoms with Crippen molar-refractivity contribution in [3.05, 3.63) is 24.5 Å². The molecule has 1 unspecified atom stereocenters. The van der Waals surface area contributed by atoms with E-state index in [1.165, 1.54) is 0 Å². The molecule has 1 atom stereocenters. The van der Waals surface area contributed by atoms with Gasteiger partial charge in [-0.1, -0.05) is 6.07 Å². The van der Waals surface area contributed by atoms with Crippen molar-refractivity contribution < 1.29 is 15.2 Å². The van der Waals surface area contributed by atoms with E-state index >= 15 is 0 Å². The smallest absolute Gasteiger partial charge is 0.423 e. The lowest BCUT2D eigenvalue weighted by atomic mass is 9.80. The van der Waals surface area contributed by atoms with Crippen molar-refractivity contribution in [2.45, 2.75) is 19.6 Å². The molecule has 1 aromatic heterocycles. The maximum atomic E-state index is 9.31. The molecule has 0 bridgehead atoms. The predicted octanol–water partition coefficient (Wildman–Crippen LogP) is -0.903. The van der Waals surface area contributed by atoms with Crippen molar-refractivity contribution in [3.8, 4) is 0 Å². The van der Waals surface area contributed by atoms with E-state index in [2.05, 4.69) is 4.98 Å². The number of rotatable bonds is 3. The summed E-state index contributed by atoms with van der Waals surface area (Å²) in [6.07, 6.45) is 1.16. The van der Waals surface area contributed by atoms with Gasteiger partial charge in [-0.25, -0.2) is 4.98 Å². The second-order valence-corrected chi connectivity index (χ2v) is 3.87. The first-order chi connectivity index (χ1) is 7.58. The predicted molar refractivity (Wildman–Crippen MR) is 61.2 cm³/mol. The quantitative estimate of drug-likeness (QED) is 0.585. The summed E-state index contributed by atoms with van der Waals surface area (Å²) in [6, 6.07) is 5.00. The Hall–Kier alpha value is -1.37. The maximum absolute atomic E-state index is 9.31. The van der Waals surface area contributed by atoms with Gasteiger partial charge in [0.05, 0.1) is 23.5 Å². The van der Waals surface area contributed by atoms with Crippen LogP contribution < -0.4 is 5.46 Å². The van der Waals surface area contributed by atoms with Gasteiger partial charge < -0.3 is 19.7 Å². The molecule has 3 N–H and O–H groups in total. The molecule has 2 aromatic rings. The number of aliphatic hydroxyl groups is 1. The van der Waals surface area contributed by atoms with E-state index in [0.29, 0.717) is 12.0 Å². The Morgan fingerprint density at radius 3 is 2.81 bits per heavy atom. The van der Waals surface area contributed by atoms with Crippen LogP contribution in [0.15, 0.2) is 24.5 Å². The van der Waals surface area contributed by atoms with Crippen LogP contribution >= 0.6 is 0 Å². The maximum Gasteiger partial charge on any atom is 0.488 e. The van der Waals surface area contributed by atoms with Crippen molar-refractivity contribution in [3.63, 3.8) is 0 Å². The summed E-state index contributed by atoms with van der Waals surface area (Å²) in [4.78, 5) is 4.16. The fourth-order valence-electron chi connectivity index (χ4n) is 1.66. The van der Waals surface area contributed by atoms with Crippen LogP contribution in [-0.2, 0) is 6.54 Å². The van der Waals surface area contributed by atoms with Crippen molar-refractivity contribution in [1.82, 2.24) is 9.55 Å². The lowest BCUT2D eigenvalue weighted by molar-refractivity contribution is 0.175. The zero-order valence-corrected chi connectivity index (χ0v) is 8.91. The Balaban J connectivity index is 2.47. The van der Waals surface area contributed by atoms with Crippen LogP contribution in [0.1, 0.15) is 6.92 Å². The second kappa shape index (κ2) is 4.25. The first-order valence-corrected chi connectivity index (χ1v) is 5.07. The van der Waals surface area contributed by atoms with Gasteiger partial charge in [-0.3, -0.25) is 0 Å². The molecule has 6 heteroatoms. The van der Waals surface area contributed by atoms with Crippen LogP contribution in [0, 0.1) is 0 Å². The van der Waals surface area contributed by atoms with Crippen LogP contribution in [0.5, 0.6) is 0 Å². The summed E-state index contributed by atoms with van der Waals surface area (Å²) >= 11 is 0. The van der Waals surface area contributed by atoms with E-state index in [0.717, 1.165) is 11.0 Å². The topological polar surface area (TPSA) is 78.5 Å². The molecule has 84 valence electrons. The fourth-order valence-corrected chi connectivity index (χ4v) is 1.66. The fraction of sp³-hybridized carbons (Fsp3) is 0.300. The summed E-state index contributed by atoms with van der Waals surface area (Å²) in [5.74, 6) is 0. The second-order valence-electron chi connectivity index (χ2n) is 3.87. The molecular formula is C10H13BN2O3. The third-order valence-corrected chi connectivity index (χ3v) is 2.40. The minimum atomic E-state index is -1.49. The Bertz CT molecular complexity index is 496. The normalized spacial score (nSPS) is 13.0. The van der Waals surface area contributed by atoms with Crippen LogP contribution in [0.25, 0.3) is 11.0 Å². The van der Waals surface area contributed by atoms with E-state index < -0.39 is 13.2 Å². The van der Waals surface area contributed by atoms with Crippen molar-refractivity contribution in [1.29, 1.82) is 0 Å². The molecule has 0 fully saturated rings. The van der Waals surface area contributed by atoms with Gasteiger partial charge in [0.2, 0.25) is 0 Å². The largest absolute Gasteiger partial charge is 0.488 e. The highest BCUT2D eigenvalue weighted by Crippen LogP contribution is 2.11. The van der Waals surface area contributed by atoms with Gasteiger partial charge in [0.15, 0.2) is 0 Å². The standard InChI is InChI=1S/C10H13BN2O3/c1-7(14)5-13-6-12-9-3-2-8(11(15)16)4-10(9)13/h2-4,6-7,14-16H,5H2,1H3. The highest BCUT2D eigenvalue weighted by Gasteiger charge is 2.13. The van der Waals surface area contributed by atoms with Gasteiger partial charge in [-0.15, -0.1) is 0 Å². The first-order valence-electron chi connectivity index (χ1n) is 5.07. The monoisotopic (exact) mass is 220 g/mol. The van der Waals surface area contributed by atoms with Crippen molar-refractivity contribution in [2.24, 2.45) is 0 Å². The molecule has 0 radical (unpaired) electrons. The molecule has 5 nitrogen and oxygen atoms in total. The molecule has 0 aliphatic rings. The van der Waals surface area contributed by atoms with Gasteiger partial charge in [0, 0.05) is 6.54 Å². The number of hydrogen-bond acceptors (Lipinski definition) is 4. The van der Waals surface area contributed by atoms with Crippen LogP contribution in [0.3, 0.4) is 0 Å². The van der Waals surface area contributed by atoms with E-state index in [4.69, 9.17) is 10.0 Å². The van der Waals surface area contributed by atoms with E-state index in [1.807, 2.05) is 0 Å². The summed E-state index contributed by atoms with van der Waals surface area (Å²) in [5, 5.41) is 27.5. The summed E-state index contributed by atoms with van der Waals surface area (Å²) in [7, 11) is -1.49. The van der Waals surface area contributed by atoms with Crippen molar-refractivity contribution in [2.75, 3.05) is 0 Å². The van der Waals surface area contributed by atoms with Crippen LogP contribution in [0.2, 0.25) is 0 Å². The Labute approximate surface area is 93.1 Å². The minimum absolute atomic E-state index is 0.417. The number of fused-ring (bicyclic) bond motifs is 1. The number of imidazole rings is 1. The van der Waals surface area contributed by atoms with Crippen LogP contribution in [0.4, 0.5) is 0 Å². The number of hydrogen-bond donors (Lipinski definition) is 3. The molecule has 0 saturated heterocycles. The Morgan fingerprint density at radius 1 is 1.44 bits per heavy atom. The van der Waals surface area contributed by atoms with Gasteiger partial charge in [0.25, 0.3) is 0 Å². The van der Waals surface area contributed by atoms with E-state index in [-0.39, 0.29) is 0 Å². The molecule has 1 aromatic carbocycles. The van der Waals surface area contributed by atoms with Gasteiger partial charge >= 0.3 is 7.12 Å². The van der Waals surface area contributed by atoms with Gasteiger partial charge in [-0.2, -0.15) is 0 Å². The molecule has 16 heavy (non-hydrogen) atoms. The highest BCUT2D eigenvalue weighted by molar-refractivity contribution is 6.58. The third kappa shape index (κ3) is 2.09. The Kier molecular flexibility index (Phi) is 2.96. The van der Waals surface area contributed by atoms with E-state index in [9.17, 15) is 5.11 Å². The molecule has 0 aliphatic heterocycles. The molecule has 0 spiro atoms. The number of aliphatic hydroxyl groups excluding tert-OH is 1. The molecule has 0 aliphatic carbocycles. The van der Waals surface area contributed by atoms with E-state index in [1.54, 1.807) is 36.0 Å². The molecule has 1 heterocycles. The number of aromatic nitrogens is 2. The third-order valence-electron chi connectivity index (χ3n) is 2.40. The zero-order chi connectivity index (χ0) is 11.7. The number of benzene rings is 1. The Morgan fingerprint density at radius 2 is 2.19 bits per heavy atom. The average Bonchev–Trinajstić information content (AvgIpc) is 2.60. The lowest BCUT2D eigenvalue weighted by Gasteiger charge is -2.07. The minimum Gasteiger partial charge on any atom is -0.423 e.